The molecule has 0 aliphatic heterocycles. The smallest absolute Gasteiger partial charge is 0.275 e. The van der Waals surface area contributed by atoms with Gasteiger partial charge in [-0.25, -0.2) is 9.67 Å². The predicted octanol–water partition coefficient (Wildman–Crippen LogP) is 4.13. The summed E-state index contributed by atoms with van der Waals surface area (Å²) < 4.78 is 1.63. The molecule has 1 amide bonds. The summed E-state index contributed by atoms with van der Waals surface area (Å²) in [5.74, 6) is 0.180. The molecule has 5 nitrogen and oxygen atoms in total. The summed E-state index contributed by atoms with van der Waals surface area (Å²) in [6.07, 6.45) is 0. The van der Waals surface area contributed by atoms with E-state index in [2.05, 4.69) is 15.4 Å². The van der Waals surface area contributed by atoms with Crippen molar-refractivity contribution in [3.63, 3.8) is 0 Å². The molecule has 7 heteroatoms. The summed E-state index contributed by atoms with van der Waals surface area (Å²) in [7, 11) is 0. The zero-order valence-electron chi connectivity index (χ0n) is 12.1. The van der Waals surface area contributed by atoms with E-state index in [0.29, 0.717) is 10.8 Å². The van der Waals surface area contributed by atoms with Gasteiger partial charge in [0.25, 0.3) is 5.91 Å². The molecule has 0 fully saturated rings. The van der Waals surface area contributed by atoms with Crippen LogP contribution in [0.15, 0.2) is 48.5 Å². The molecule has 3 rings (SSSR count). The number of carbonyl (C=O) groups excluding carboxylic acids is 1. The van der Waals surface area contributed by atoms with Crippen LogP contribution in [0, 0.1) is 6.92 Å². The second-order valence-corrected chi connectivity index (χ2v) is 5.68. The molecule has 3 aromatic rings. The molecule has 1 N–H and O–H groups in total. The Bertz CT molecular complexity index is 859. The lowest BCUT2D eigenvalue weighted by Gasteiger charge is -2.09. The second kappa shape index (κ2) is 6.40. The van der Waals surface area contributed by atoms with Crippen molar-refractivity contribution in [2.75, 3.05) is 5.32 Å². The van der Waals surface area contributed by atoms with E-state index in [1.165, 1.54) is 0 Å². The maximum atomic E-state index is 12.3. The summed E-state index contributed by atoms with van der Waals surface area (Å²) in [5.41, 5.74) is 1.80. The largest absolute Gasteiger partial charge is 0.305 e. The zero-order chi connectivity index (χ0) is 16.4. The van der Waals surface area contributed by atoms with Crippen LogP contribution in [0.3, 0.4) is 0 Å². The minimum atomic E-state index is -0.359. The third-order valence-electron chi connectivity index (χ3n) is 3.09. The fraction of sp³-hybridized carbons (Fsp3) is 0.0625. The van der Waals surface area contributed by atoms with Crippen molar-refractivity contribution in [3.8, 4) is 5.69 Å². The van der Waals surface area contributed by atoms with Crippen LogP contribution in [-0.4, -0.2) is 20.7 Å². The SMILES string of the molecule is Cc1cc(NC(=O)c2cccc(Cl)n2)n(-c2ccc(Cl)cc2)n1. The maximum absolute atomic E-state index is 12.3. The van der Waals surface area contributed by atoms with Crippen LogP contribution in [0.2, 0.25) is 10.2 Å². The number of nitrogens with zero attached hydrogens (tertiary/aromatic N) is 3. The molecule has 0 bridgehead atoms. The van der Waals surface area contributed by atoms with Gasteiger partial charge >= 0.3 is 0 Å². The Morgan fingerprint density at radius 2 is 1.87 bits per heavy atom. The first-order valence-corrected chi connectivity index (χ1v) is 7.55. The third-order valence-corrected chi connectivity index (χ3v) is 3.55. The van der Waals surface area contributed by atoms with Gasteiger partial charge in [-0.05, 0) is 43.3 Å². The Morgan fingerprint density at radius 3 is 2.57 bits per heavy atom. The minimum absolute atomic E-state index is 0.235. The quantitative estimate of drug-likeness (QED) is 0.725. The number of rotatable bonds is 3. The average molecular weight is 347 g/mol. The number of aryl methyl sites for hydroxylation is 1. The molecule has 0 saturated heterocycles. The predicted molar refractivity (Wildman–Crippen MR) is 90.5 cm³/mol. The number of hydrogen-bond donors (Lipinski definition) is 1. The summed E-state index contributed by atoms with van der Waals surface area (Å²) in [5, 5.41) is 8.08. The van der Waals surface area contributed by atoms with Gasteiger partial charge in [-0.15, -0.1) is 0 Å². The molecular weight excluding hydrogens is 335 g/mol. The molecule has 2 heterocycles. The van der Waals surface area contributed by atoms with Crippen LogP contribution in [0.4, 0.5) is 5.82 Å². The van der Waals surface area contributed by atoms with Crippen molar-refractivity contribution in [2.45, 2.75) is 6.92 Å². The minimum Gasteiger partial charge on any atom is -0.305 e. The number of benzene rings is 1. The van der Waals surface area contributed by atoms with Crippen molar-refractivity contribution in [1.82, 2.24) is 14.8 Å². The van der Waals surface area contributed by atoms with Crippen molar-refractivity contribution >= 4 is 34.9 Å². The number of nitrogens with one attached hydrogen (secondary N) is 1. The summed E-state index contributed by atoms with van der Waals surface area (Å²) in [6.45, 7) is 1.85. The summed E-state index contributed by atoms with van der Waals surface area (Å²) in [4.78, 5) is 16.3. The fourth-order valence-corrected chi connectivity index (χ4v) is 2.37. The molecule has 1 aromatic carbocycles. The fourth-order valence-electron chi connectivity index (χ4n) is 2.08. The number of halogens is 2. The number of amides is 1. The van der Waals surface area contributed by atoms with Gasteiger partial charge in [0, 0.05) is 11.1 Å². The first-order chi connectivity index (χ1) is 11.0. The number of aromatic nitrogens is 3. The Balaban J connectivity index is 1.91. The molecule has 0 radical (unpaired) electrons. The number of pyridine rings is 1. The molecule has 0 unspecified atom stereocenters. The van der Waals surface area contributed by atoms with E-state index in [1.54, 1.807) is 41.1 Å². The Morgan fingerprint density at radius 1 is 1.13 bits per heavy atom. The Hall–Kier alpha value is -2.37. The highest BCUT2D eigenvalue weighted by molar-refractivity contribution is 6.30. The second-order valence-electron chi connectivity index (χ2n) is 4.86. The number of carbonyl (C=O) groups is 1. The van der Waals surface area contributed by atoms with Gasteiger partial charge in [-0.1, -0.05) is 29.3 Å². The lowest BCUT2D eigenvalue weighted by molar-refractivity contribution is 0.102. The number of anilines is 1. The lowest BCUT2D eigenvalue weighted by Crippen LogP contribution is -2.16. The first-order valence-electron chi connectivity index (χ1n) is 6.79. The summed E-state index contributed by atoms with van der Waals surface area (Å²) in [6, 6.07) is 13.8. The Kier molecular flexibility index (Phi) is 4.32. The molecule has 0 spiro atoms. The van der Waals surface area contributed by atoms with E-state index in [-0.39, 0.29) is 16.8 Å². The monoisotopic (exact) mass is 346 g/mol. The van der Waals surface area contributed by atoms with Gasteiger partial charge in [0.05, 0.1) is 11.4 Å². The molecule has 23 heavy (non-hydrogen) atoms. The standard InChI is InChI=1S/C16H12Cl2N4O/c1-10-9-15(20-16(23)13-3-2-4-14(18)19-13)22(21-10)12-7-5-11(17)6-8-12/h2-9H,1H3,(H,20,23). The lowest BCUT2D eigenvalue weighted by atomic mass is 10.3. The van der Waals surface area contributed by atoms with Gasteiger partial charge in [0.15, 0.2) is 0 Å². The van der Waals surface area contributed by atoms with Crippen LogP contribution in [0.25, 0.3) is 5.69 Å². The maximum Gasteiger partial charge on any atom is 0.275 e. The van der Waals surface area contributed by atoms with Crippen LogP contribution >= 0.6 is 23.2 Å². The highest BCUT2D eigenvalue weighted by Gasteiger charge is 2.13. The van der Waals surface area contributed by atoms with Gasteiger partial charge in [0.2, 0.25) is 0 Å². The van der Waals surface area contributed by atoms with Crippen LogP contribution < -0.4 is 5.32 Å². The van der Waals surface area contributed by atoms with Gasteiger partial charge in [0.1, 0.15) is 16.7 Å². The normalized spacial score (nSPS) is 10.6. The van der Waals surface area contributed by atoms with E-state index in [9.17, 15) is 4.79 Å². The Labute approximate surface area is 142 Å². The topological polar surface area (TPSA) is 59.8 Å². The van der Waals surface area contributed by atoms with Crippen molar-refractivity contribution < 1.29 is 4.79 Å². The molecule has 0 atom stereocenters. The first kappa shape index (κ1) is 15.5. The molecule has 0 aliphatic carbocycles. The zero-order valence-corrected chi connectivity index (χ0v) is 13.6. The van der Waals surface area contributed by atoms with Crippen LogP contribution in [0.5, 0.6) is 0 Å². The van der Waals surface area contributed by atoms with E-state index in [1.807, 2.05) is 19.1 Å². The molecule has 0 aliphatic rings. The summed E-state index contributed by atoms with van der Waals surface area (Å²) >= 11 is 11.7. The number of hydrogen-bond acceptors (Lipinski definition) is 3. The van der Waals surface area contributed by atoms with Crippen molar-refractivity contribution in [3.05, 3.63) is 70.1 Å². The molecule has 2 aromatic heterocycles. The molecular formula is C16H12Cl2N4O. The average Bonchev–Trinajstić information content (AvgIpc) is 2.88. The van der Waals surface area contributed by atoms with E-state index in [4.69, 9.17) is 23.2 Å². The van der Waals surface area contributed by atoms with E-state index < -0.39 is 0 Å². The van der Waals surface area contributed by atoms with Gasteiger partial charge in [-0.2, -0.15) is 5.10 Å². The molecule has 116 valence electrons. The van der Waals surface area contributed by atoms with Crippen molar-refractivity contribution in [2.24, 2.45) is 0 Å². The highest BCUT2D eigenvalue weighted by Crippen LogP contribution is 2.20. The van der Waals surface area contributed by atoms with Crippen LogP contribution in [-0.2, 0) is 0 Å². The van der Waals surface area contributed by atoms with Gasteiger partial charge < -0.3 is 5.32 Å². The van der Waals surface area contributed by atoms with E-state index in [0.717, 1.165) is 11.4 Å². The highest BCUT2D eigenvalue weighted by atomic mass is 35.5. The van der Waals surface area contributed by atoms with Gasteiger partial charge in [-0.3, -0.25) is 4.79 Å². The molecule has 0 saturated carbocycles. The van der Waals surface area contributed by atoms with Crippen LogP contribution in [0.1, 0.15) is 16.2 Å². The third kappa shape index (κ3) is 3.52. The van der Waals surface area contributed by atoms with Crippen molar-refractivity contribution in [1.29, 1.82) is 0 Å². The van der Waals surface area contributed by atoms with E-state index >= 15 is 0 Å².